The number of rotatable bonds is 8. The molecule has 0 amide bonds. The zero-order valence-electron chi connectivity index (χ0n) is 11.7. The van der Waals surface area contributed by atoms with Gasteiger partial charge in [0.05, 0.1) is 6.42 Å². The predicted octanol–water partition coefficient (Wildman–Crippen LogP) is 1.50. The van der Waals surface area contributed by atoms with Crippen LogP contribution in [0.25, 0.3) is 0 Å². The maximum atomic E-state index is 13.6. The number of carbonyl (C=O) groups is 1. The Labute approximate surface area is 117 Å². The van der Waals surface area contributed by atoms with E-state index >= 15 is 0 Å². The van der Waals surface area contributed by atoms with Crippen molar-refractivity contribution in [2.75, 3.05) is 27.2 Å². The lowest BCUT2D eigenvalue weighted by molar-refractivity contribution is -0.137. The topological polar surface area (TPSA) is 52.6 Å². The van der Waals surface area contributed by atoms with Gasteiger partial charge in [-0.3, -0.25) is 4.79 Å². The van der Waals surface area contributed by atoms with Crippen molar-refractivity contribution in [2.24, 2.45) is 0 Å². The molecule has 1 rings (SSSR count). The van der Waals surface area contributed by atoms with Crippen molar-refractivity contribution in [3.05, 3.63) is 35.4 Å². The van der Waals surface area contributed by atoms with E-state index in [1.165, 1.54) is 0 Å². The van der Waals surface area contributed by atoms with Gasteiger partial charge in [-0.15, -0.1) is 0 Å². The molecule has 0 spiro atoms. The number of aliphatic carboxylic acids is 1. The van der Waals surface area contributed by atoms with E-state index < -0.39 is 23.6 Å². The Kier molecular flexibility index (Phi) is 6.54. The van der Waals surface area contributed by atoms with Crippen LogP contribution in [0.3, 0.4) is 0 Å². The number of nitrogens with one attached hydrogen (secondary N) is 1. The van der Waals surface area contributed by atoms with Crippen LogP contribution in [0, 0.1) is 11.6 Å². The lowest BCUT2D eigenvalue weighted by atomic mass is 10.0. The monoisotopic (exact) mass is 286 g/mol. The van der Waals surface area contributed by atoms with Gasteiger partial charge < -0.3 is 15.3 Å². The molecule has 0 bridgehead atoms. The average Bonchev–Trinajstić information content (AvgIpc) is 2.32. The van der Waals surface area contributed by atoms with Gasteiger partial charge in [-0.05, 0) is 44.3 Å². The molecular weight excluding hydrogens is 266 g/mol. The van der Waals surface area contributed by atoms with Crippen LogP contribution in [0.4, 0.5) is 8.78 Å². The van der Waals surface area contributed by atoms with E-state index in [-0.39, 0.29) is 18.4 Å². The number of benzene rings is 1. The van der Waals surface area contributed by atoms with E-state index in [1.54, 1.807) is 0 Å². The van der Waals surface area contributed by atoms with Crippen molar-refractivity contribution in [3.63, 3.8) is 0 Å². The van der Waals surface area contributed by atoms with Crippen molar-refractivity contribution < 1.29 is 18.7 Å². The minimum Gasteiger partial charge on any atom is -0.481 e. The van der Waals surface area contributed by atoms with Crippen LogP contribution in [0.1, 0.15) is 12.0 Å². The Morgan fingerprint density at radius 2 is 2.10 bits per heavy atom. The van der Waals surface area contributed by atoms with E-state index in [0.29, 0.717) is 6.54 Å². The molecule has 0 fully saturated rings. The van der Waals surface area contributed by atoms with E-state index in [1.807, 2.05) is 19.0 Å². The molecule has 1 unspecified atom stereocenters. The largest absolute Gasteiger partial charge is 0.481 e. The molecule has 0 aliphatic heterocycles. The molecule has 112 valence electrons. The highest BCUT2D eigenvalue weighted by Gasteiger charge is 2.16. The molecule has 20 heavy (non-hydrogen) atoms. The molecule has 2 N–H and O–H groups in total. The van der Waals surface area contributed by atoms with Gasteiger partial charge in [-0.2, -0.15) is 0 Å². The number of halogens is 2. The Bertz CT molecular complexity index is 453. The molecule has 1 aromatic carbocycles. The molecule has 0 saturated carbocycles. The Balaban J connectivity index is 2.67. The first-order chi connectivity index (χ1) is 9.38. The van der Waals surface area contributed by atoms with Crippen molar-refractivity contribution in [1.29, 1.82) is 0 Å². The quantitative estimate of drug-likeness (QED) is 0.760. The molecule has 0 saturated heterocycles. The molecule has 0 radical (unpaired) electrons. The molecule has 1 atom stereocenters. The van der Waals surface area contributed by atoms with Crippen LogP contribution >= 0.6 is 0 Å². The van der Waals surface area contributed by atoms with Crippen LogP contribution in [0.15, 0.2) is 18.2 Å². The first-order valence-corrected chi connectivity index (χ1v) is 6.42. The van der Waals surface area contributed by atoms with Crippen molar-refractivity contribution >= 4 is 5.97 Å². The second-order valence-electron chi connectivity index (χ2n) is 4.99. The van der Waals surface area contributed by atoms with E-state index in [4.69, 9.17) is 5.11 Å². The molecule has 0 aromatic heterocycles. The Morgan fingerprint density at radius 1 is 1.40 bits per heavy atom. The highest BCUT2D eigenvalue weighted by Crippen LogP contribution is 2.13. The Hall–Kier alpha value is -1.53. The fraction of sp³-hybridized carbons (Fsp3) is 0.500. The first kappa shape index (κ1) is 16.5. The number of hydrogen-bond donors (Lipinski definition) is 2. The van der Waals surface area contributed by atoms with Crippen LogP contribution in [0.2, 0.25) is 0 Å². The third-order valence-electron chi connectivity index (χ3n) is 2.89. The van der Waals surface area contributed by atoms with Gasteiger partial charge in [0.2, 0.25) is 0 Å². The number of nitrogens with zero attached hydrogens (tertiary/aromatic N) is 1. The average molecular weight is 286 g/mol. The van der Waals surface area contributed by atoms with Gasteiger partial charge in [0, 0.05) is 19.1 Å². The van der Waals surface area contributed by atoms with Gasteiger partial charge in [-0.1, -0.05) is 0 Å². The summed E-state index contributed by atoms with van der Waals surface area (Å²) in [6.45, 7) is 1.32. The highest BCUT2D eigenvalue weighted by atomic mass is 19.1. The van der Waals surface area contributed by atoms with Gasteiger partial charge in [0.25, 0.3) is 0 Å². The maximum Gasteiger partial charge on any atom is 0.304 e. The van der Waals surface area contributed by atoms with Crippen LogP contribution < -0.4 is 5.32 Å². The fourth-order valence-corrected chi connectivity index (χ4v) is 1.88. The van der Waals surface area contributed by atoms with Gasteiger partial charge >= 0.3 is 5.97 Å². The minimum absolute atomic E-state index is 0.136. The first-order valence-electron chi connectivity index (χ1n) is 6.42. The molecule has 6 heteroatoms. The third-order valence-corrected chi connectivity index (χ3v) is 2.89. The molecule has 1 aromatic rings. The van der Waals surface area contributed by atoms with Gasteiger partial charge in [0.1, 0.15) is 11.6 Å². The van der Waals surface area contributed by atoms with E-state index in [9.17, 15) is 13.6 Å². The molecule has 0 aliphatic rings. The molecule has 0 heterocycles. The van der Waals surface area contributed by atoms with Crippen molar-refractivity contribution in [1.82, 2.24) is 10.2 Å². The summed E-state index contributed by atoms with van der Waals surface area (Å²) < 4.78 is 26.7. The maximum absolute atomic E-state index is 13.6. The smallest absolute Gasteiger partial charge is 0.304 e. The van der Waals surface area contributed by atoms with Crippen LogP contribution in [-0.4, -0.2) is 49.2 Å². The zero-order valence-corrected chi connectivity index (χ0v) is 11.7. The van der Waals surface area contributed by atoms with Gasteiger partial charge in [0.15, 0.2) is 0 Å². The van der Waals surface area contributed by atoms with Crippen LogP contribution in [0.5, 0.6) is 0 Å². The standard InChI is InChI=1S/C14H20F2N2O2/c1-18(2)6-5-17-12(9-14(19)20)8-10-7-11(15)3-4-13(10)16/h3-4,7,12,17H,5-6,8-9H2,1-2H3,(H,19,20). The summed E-state index contributed by atoms with van der Waals surface area (Å²) in [5, 5.41) is 11.9. The summed E-state index contributed by atoms with van der Waals surface area (Å²) in [6, 6.07) is 2.79. The predicted molar refractivity (Wildman–Crippen MR) is 72.7 cm³/mol. The Morgan fingerprint density at radius 3 is 2.70 bits per heavy atom. The number of likely N-dealkylation sites (N-methyl/N-ethyl adjacent to an activating group) is 1. The van der Waals surface area contributed by atoms with Crippen molar-refractivity contribution in [2.45, 2.75) is 18.9 Å². The SMILES string of the molecule is CN(C)CCNC(CC(=O)O)Cc1cc(F)ccc1F. The van der Waals surface area contributed by atoms with Crippen molar-refractivity contribution in [3.8, 4) is 0 Å². The number of carboxylic acid groups (broad SMARTS) is 1. The minimum atomic E-state index is -0.968. The number of hydrogen-bond acceptors (Lipinski definition) is 3. The summed E-state index contributed by atoms with van der Waals surface area (Å²) in [6.07, 6.45) is 0.00665. The van der Waals surface area contributed by atoms with E-state index in [0.717, 1.165) is 24.7 Å². The van der Waals surface area contributed by atoms with Gasteiger partial charge in [-0.25, -0.2) is 8.78 Å². The second kappa shape index (κ2) is 7.91. The summed E-state index contributed by atoms with van der Waals surface area (Å²) >= 11 is 0. The van der Waals surface area contributed by atoms with Crippen LogP contribution in [-0.2, 0) is 11.2 Å². The third kappa shape index (κ3) is 6.08. The molecule has 4 nitrogen and oxygen atoms in total. The molecular formula is C14H20F2N2O2. The molecule has 0 aliphatic carbocycles. The summed E-state index contributed by atoms with van der Waals surface area (Å²) in [7, 11) is 3.81. The highest BCUT2D eigenvalue weighted by molar-refractivity contribution is 5.67. The summed E-state index contributed by atoms with van der Waals surface area (Å²) in [4.78, 5) is 12.8. The number of carboxylic acids is 1. The zero-order chi connectivity index (χ0) is 15.1. The second-order valence-corrected chi connectivity index (χ2v) is 4.99. The fourth-order valence-electron chi connectivity index (χ4n) is 1.88. The normalized spacial score (nSPS) is 12.7. The van der Waals surface area contributed by atoms with E-state index in [2.05, 4.69) is 5.32 Å². The lowest BCUT2D eigenvalue weighted by Crippen LogP contribution is -2.37. The lowest BCUT2D eigenvalue weighted by Gasteiger charge is -2.19. The summed E-state index contributed by atoms with van der Waals surface area (Å²) in [5.74, 6) is -2.01. The summed E-state index contributed by atoms with van der Waals surface area (Å²) in [5.41, 5.74) is 0.189.